The summed E-state index contributed by atoms with van der Waals surface area (Å²) < 4.78 is 0. The van der Waals surface area contributed by atoms with Crippen molar-refractivity contribution in [2.75, 3.05) is 6.54 Å². The lowest BCUT2D eigenvalue weighted by molar-refractivity contribution is 0.138. The summed E-state index contributed by atoms with van der Waals surface area (Å²) in [5, 5.41) is 13.4. The van der Waals surface area contributed by atoms with Crippen molar-refractivity contribution in [1.29, 1.82) is 0 Å². The molecule has 18 heavy (non-hydrogen) atoms. The summed E-state index contributed by atoms with van der Waals surface area (Å²) in [6, 6.07) is 9.67. The zero-order valence-corrected chi connectivity index (χ0v) is 11.7. The van der Waals surface area contributed by atoms with Crippen LogP contribution in [0.1, 0.15) is 39.4 Å². The molecule has 0 amide bonds. The van der Waals surface area contributed by atoms with Crippen LogP contribution in [0.2, 0.25) is 0 Å². The summed E-state index contributed by atoms with van der Waals surface area (Å²) >= 11 is 0. The Bertz CT molecular complexity index is 408. The van der Waals surface area contributed by atoms with Gasteiger partial charge in [-0.2, -0.15) is 0 Å². The molecule has 0 aliphatic carbocycles. The maximum atomic E-state index is 10.1. The van der Waals surface area contributed by atoms with E-state index in [2.05, 4.69) is 37.9 Å². The Morgan fingerprint density at radius 3 is 2.39 bits per heavy atom. The Morgan fingerprint density at radius 2 is 1.83 bits per heavy atom. The average Bonchev–Trinajstić information content (AvgIpc) is 2.33. The fraction of sp³-hybridized carbons (Fsp3) is 0.500. The highest BCUT2D eigenvalue weighted by atomic mass is 16.3. The molecule has 2 nitrogen and oxygen atoms in total. The Morgan fingerprint density at radius 1 is 1.22 bits per heavy atom. The molecular weight excluding hydrogens is 222 g/mol. The van der Waals surface area contributed by atoms with E-state index in [4.69, 9.17) is 0 Å². The number of hydrogen-bond acceptors (Lipinski definition) is 2. The Labute approximate surface area is 110 Å². The number of benzene rings is 1. The molecule has 0 spiro atoms. The van der Waals surface area contributed by atoms with E-state index in [0.717, 1.165) is 5.56 Å². The number of aliphatic hydroxyl groups excluding tert-OH is 1. The Balaban J connectivity index is 2.46. The van der Waals surface area contributed by atoms with Gasteiger partial charge in [0.15, 0.2) is 0 Å². The Kier molecular flexibility index (Phi) is 5.40. The number of hydrogen-bond donors (Lipinski definition) is 2. The predicted octanol–water partition coefficient (Wildman–Crippen LogP) is 2.75. The highest BCUT2D eigenvalue weighted by Gasteiger charge is 2.14. The first-order valence-corrected chi connectivity index (χ1v) is 6.36. The number of aliphatic hydroxyl groups is 1. The van der Waals surface area contributed by atoms with Gasteiger partial charge in [-0.3, -0.25) is 0 Å². The van der Waals surface area contributed by atoms with Gasteiger partial charge in [-0.25, -0.2) is 0 Å². The predicted molar refractivity (Wildman–Crippen MR) is 76.1 cm³/mol. The van der Waals surface area contributed by atoms with E-state index in [1.54, 1.807) is 0 Å². The van der Waals surface area contributed by atoms with Crippen LogP contribution in [0.4, 0.5) is 0 Å². The van der Waals surface area contributed by atoms with Gasteiger partial charge in [0.25, 0.3) is 0 Å². The summed E-state index contributed by atoms with van der Waals surface area (Å²) in [6.07, 6.45) is -0.498. The van der Waals surface area contributed by atoms with Crippen molar-refractivity contribution in [3.8, 4) is 11.8 Å². The SMILES string of the molecule is C[C@H](NCC#CC(C)(C)C)[C@@H](O)c1ccccc1. The second-order valence-corrected chi connectivity index (χ2v) is 5.58. The minimum absolute atomic E-state index is 0.0123. The zero-order valence-electron chi connectivity index (χ0n) is 11.7. The molecule has 98 valence electrons. The van der Waals surface area contributed by atoms with Gasteiger partial charge < -0.3 is 10.4 Å². The van der Waals surface area contributed by atoms with Crippen LogP contribution in [0.15, 0.2) is 30.3 Å². The molecule has 0 saturated heterocycles. The van der Waals surface area contributed by atoms with Crippen molar-refractivity contribution in [3.63, 3.8) is 0 Å². The fourth-order valence-corrected chi connectivity index (χ4v) is 1.57. The van der Waals surface area contributed by atoms with Gasteiger partial charge in [0.2, 0.25) is 0 Å². The summed E-state index contributed by atoms with van der Waals surface area (Å²) in [7, 11) is 0. The molecule has 0 bridgehead atoms. The summed E-state index contributed by atoms with van der Waals surface area (Å²) in [4.78, 5) is 0. The third-order valence-corrected chi connectivity index (χ3v) is 2.59. The van der Waals surface area contributed by atoms with Crippen LogP contribution >= 0.6 is 0 Å². The molecule has 0 aliphatic heterocycles. The topological polar surface area (TPSA) is 32.3 Å². The van der Waals surface area contributed by atoms with Gasteiger partial charge in [-0.15, -0.1) is 0 Å². The van der Waals surface area contributed by atoms with Crippen molar-refractivity contribution >= 4 is 0 Å². The lowest BCUT2D eigenvalue weighted by Gasteiger charge is -2.19. The molecule has 0 unspecified atom stereocenters. The largest absolute Gasteiger partial charge is 0.387 e. The average molecular weight is 245 g/mol. The molecule has 2 N–H and O–H groups in total. The quantitative estimate of drug-likeness (QED) is 0.799. The smallest absolute Gasteiger partial charge is 0.0940 e. The van der Waals surface area contributed by atoms with Crippen molar-refractivity contribution in [2.45, 2.75) is 39.8 Å². The second-order valence-electron chi connectivity index (χ2n) is 5.58. The number of rotatable bonds is 4. The van der Waals surface area contributed by atoms with Crippen LogP contribution in [0.3, 0.4) is 0 Å². The standard InChI is InChI=1S/C16H23NO/c1-13(17-12-8-11-16(2,3)4)15(18)14-9-6-5-7-10-14/h5-7,9-10,13,15,17-18H,12H2,1-4H3/t13-,15+/m0/s1. The summed E-state index contributed by atoms with van der Waals surface area (Å²) in [6.45, 7) is 8.82. The normalized spacial score (nSPS) is 14.5. The molecule has 0 saturated carbocycles. The zero-order chi connectivity index (χ0) is 13.6. The molecule has 0 heterocycles. The first kappa shape index (κ1) is 14.8. The minimum Gasteiger partial charge on any atom is -0.387 e. The first-order valence-electron chi connectivity index (χ1n) is 6.36. The van der Waals surface area contributed by atoms with Crippen LogP contribution in [0.5, 0.6) is 0 Å². The second kappa shape index (κ2) is 6.58. The van der Waals surface area contributed by atoms with Crippen molar-refractivity contribution in [2.24, 2.45) is 5.41 Å². The molecule has 0 fully saturated rings. The van der Waals surface area contributed by atoms with E-state index >= 15 is 0 Å². The van der Waals surface area contributed by atoms with E-state index in [0.29, 0.717) is 6.54 Å². The van der Waals surface area contributed by atoms with E-state index in [1.807, 2.05) is 37.3 Å². The maximum Gasteiger partial charge on any atom is 0.0940 e. The molecule has 1 aromatic carbocycles. The van der Waals surface area contributed by atoms with Gasteiger partial charge in [-0.05, 0) is 33.3 Å². The lowest BCUT2D eigenvalue weighted by atomic mass is 9.98. The Hall–Kier alpha value is -1.30. The number of nitrogens with one attached hydrogen (secondary N) is 1. The van der Waals surface area contributed by atoms with E-state index in [9.17, 15) is 5.11 Å². The van der Waals surface area contributed by atoms with Gasteiger partial charge >= 0.3 is 0 Å². The minimum atomic E-state index is -0.498. The van der Waals surface area contributed by atoms with Crippen LogP contribution < -0.4 is 5.32 Å². The van der Waals surface area contributed by atoms with E-state index in [-0.39, 0.29) is 11.5 Å². The van der Waals surface area contributed by atoms with Gasteiger partial charge in [0.1, 0.15) is 0 Å². The van der Waals surface area contributed by atoms with Crippen LogP contribution in [0.25, 0.3) is 0 Å². The molecule has 2 atom stereocenters. The molecule has 1 aromatic rings. The van der Waals surface area contributed by atoms with Crippen LogP contribution in [-0.4, -0.2) is 17.7 Å². The molecule has 0 aromatic heterocycles. The van der Waals surface area contributed by atoms with Crippen molar-refractivity contribution < 1.29 is 5.11 Å². The highest BCUT2D eigenvalue weighted by Crippen LogP contribution is 2.15. The monoisotopic (exact) mass is 245 g/mol. The molecule has 0 aliphatic rings. The maximum absolute atomic E-state index is 10.1. The van der Waals surface area contributed by atoms with Gasteiger partial charge in [-0.1, -0.05) is 42.2 Å². The molecule has 1 rings (SSSR count). The third-order valence-electron chi connectivity index (χ3n) is 2.59. The van der Waals surface area contributed by atoms with Crippen molar-refractivity contribution in [3.05, 3.63) is 35.9 Å². The summed E-state index contributed by atoms with van der Waals surface area (Å²) in [5.74, 6) is 6.25. The third kappa shape index (κ3) is 5.35. The van der Waals surface area contributed by atoms with Gasteiger partial charge in [0, 0.05) is 11.5 Å². The van der Waals surface area contributed by atoms with Gasteiger partial charge in [0.05, 0.1) is 12.6 Å². The molecular formula is C16H23NO. The van der Waals surface area contributed by atoms with E-state index < -0.39 is 6.10 Å². The van der Waals surface area contributed by atoms with E-state index in [1.165, 1.54) is 0 Å². The van der Waals surface area contributed by atoms with Crippen molar-refractivity contribution in [1.82, 2.24) is 5.32 Å². The first-order chi connectivity index (χ1) is 8.40. The fourth-order valence-electron chi connectivity index (χ4n) is 1.57. The highest BCUT2D eigenvalue weighted by molar-refractivity contribution is 5.18. The molecule has 0 radical (unpaired) electrons. The van der Waals surface area contributed by atoms with Crippen LogP contribution in [0, 0.1) is 17.3 Å². The molecule has 2 heteroatoms. The van der Waals surface area contributed by atoms with Crippen LogP contribution in [-0.2, 0) is 0 Å². The lowest BCUT2D eigenvalue weighted by Crippen LogP contribution is -2.32. The summed E-state index contributed by atoms with van der Waals surface area (Å²) in [5.41, 5.74) is 0.962.